The standard InChI is InChI=1S/C25H26N4O6S.ClH/c1-34-18-5-2-15-3-7-24(32)29(21(15)9-18)12-17(30)10-26-11-19-13-28(25(33)35-19)16-4-6-22-20(8-16)27-23(31)14-36-22;/h2-9,17,19,26,30H,10-14H2,1H3,(H,27,31);1H. The summed E-state index contributed by atoms with van der Waals surface area (Å²) in [4.78, 5) is 39.1. The Morgan fingerprint density at radius 3 is 2.81 bits per heavy atom. The van der Waals surface area contributed by atoms with Crippen LogP contribution in [0.2, 0.25) is 0 Å². The van der Waals surface area contributed by atoms with E-state index in [-0.39, 0.29) is 37.0 Å². The first-order valence-electron chi connectivity index (χ1n) is 11.5. The molecule has 2 aromatic carbocycles. The molecular formula is C25H27ClN4O6S. The Morgan fingerprint density at radius 1 is 1.19 bits per heavy atom. The number of hydrogen-bond donors (Lipinski definition) is 3. The lowest BCUT2D eigenvalue weighted by molar-refractivity contribution is -0.113. The highest BCUT2D eigenvalue weighted by molar-refractivity contribution is 8.00. The number of fused-ring (bicyclic) bond motifs is 2. The lowest BCUT2D eigenvalue weighted by Crippen LogP contribution is -2.38. The molecule has 2 amide bonds. The van der Waals surface area contributed by atoms with E-state index in [2.05, 4.69) is 10.6 Å². The maximum absolute atomic E-state index is 12.5. The van der Waals surface area contributed by atoms with Gasteiger partial charge in [0.15, 0.2) is 0 Å². The van der Waals surface area contributed by atoms with Crippen molar-refractivity contribution in [1.82, 2.24) is 9.88 Å². The van der Waals surface area contributed by atoms with Crippen molar-refractivity contribution in [3.63, 3.8) is 0 Å². The van der Waals surface area contributed by atoms with Crippen molar-refractivity contribution in [2.24, 2.45) is 0 Å². The molecule has 0 spiro atoms. The molecule has 37 heavy (non-hydrogen) atoms. The van der Waals surface area contributed by atoms with Gasteiger partial charge in [-0.15, -0.1) is 24.2 Å². The topological polar surface area (TPSA) is 122 Å². The number of thioether (sulfide) groups is 1. The number of halogens is 1. The highest BCUT2D eigenvalue weighted by Crippen LogP contribution is 2.35. The van der Waals surface area contributed by atoms with Gasteiger partial charge in [0.25, 0.3) is 5.56 Å². The number of ether oxygens (including phenoxy) is 2. The SMILES string of the molecule is COc1ccc2ccc(=O)n(CC(O)CNCC3CN(c4ccc5c(c4)NC(=O)CS5)C(=O)O3)c2c1.Cl. The van der Waals surface area contributed by atoms with Gasteiger partial charge in [-0.3, -0.25) is 14.5 Å². The van der Waals surface area contributed by atoms with Crippen LogP contribution in [0.3, 0.4) is 0 Å². The van der Waals surface area contributed by atoms with Crippen LogP contribution in [-0.4, -0.2) is 66.4 Å². The minimum absolute atomic E-state index is 0. The second-order valence-electron chi connectivity index (χ2n) is 8.65. The van der Waals surface area contributed by atoms with Crippen molar-refractivity contribution in [3.8, 4) is 5.75 Å². The average Bonchev–Trinajstić information content (AvgIpc) is 3.25. The molecule has 2 aliphatic heterocycles. The van der Waals surface area contributed by atoms with E-state index in [1.54, 1.807) is 25.3 Å². The van der Waals surface area contributed by atoms with Crippen molar-refractivity contribution >= 4 is 58.4 Å². The molecule has 1 saturated heterocycles. The number of benzene rings is 2. The summed E-state index contributed by atoms with van der Waals surface area (Å²) >= 11 is 1.46. The van der Waals surface area contributed by atoms with Gasteiger partial charge in [0.1, 0.15) is 11.9 Å². The van der Waals surface area contributed by atoms with Crippen molar-refractivity contribution in [1.29, 1.82) is 0 Å². The summed E-state index contributed by atoms with van der Waals surface area (Å²) in [7, 11) is 1.56. The third-order valence-corrected chi connectivity index (χ3v) is 7.20. The van der Waals surface area contributed by atoms with Gasteiger partial charge in [-0.05, 0) is 41.8 Å². The van der Waals surface area contributed by atoms with Crippen LogP contribution in [0.5, 0.6) is 5.75 Å². The van der Waals surface area contributed by atoms with Crippen molar-refractivity contribution in [3.05, 3.63) is 58.9 Å². The zero-order valence-corrected chi connectivity index (χ0v) is 21.6. The molecule has 10 nitrogen and oxygen atoms in total. The summed E-state index contributed by atoms with van der Waals surface area (Å²) in [6.07, 6.45) is -1.71. The molecule has 12 heteroatoms. The van der Waals surface area contributed by atoms with Gasteiger partial charge in [-0.25, -0.2) is 4.79 Å². The number of amides is 2. The number of nitrogens with one attached hydrogen (secondary N) is 2. The fraction of sp³-hybridized carbons (Fsp3) is 0.320. The summed E-state index contributed by atoms with van der Waals surface area (Å²) < 4.78 is 12.3. The van der Waals surface area contributed by atoms with Crippen molar-refractivity contribution < 1.29 is 24.2 Å². The van der Waals surface area contributed by atoms with E-state index in [0.717, 1.165) is 10.3 Å². The lowest BCUT2D eigenvalue weighted by atomic mass is 10.2. The molecule has 3 heterocycles. The fourth-order valence-corrected chi connectivity index (χ4v) is 5.14. The van der Waals surface area contributed by atoms with Gasteiger partial charge >= 0.3 is 6.09 Å². The second-order valence-corrected chi connectivity index (χ2v) is 9.67. The van der Waals surface area contributed by atoms with E-state index >= 15 is 0 Å². The summed E-state index contributed by atoms with van der Waals surface area (Å²) in [5, 5.41) is 17.4. The number of aliphatic hydroxyl groups excluding tert-OH is 1. The molecule has 1 aromatic heterocycles. The lowest BCUT2D eigenvalue weighted by Gasteiger charge is -2.20. The van der Waals surface area contributed by atoms with Crippen LogP contribution < -0.4 is 25.8 Å². The molecule has 1 fully saturated rings. The predicted octanol–water partition coefficient (Wildman–Crippen LogP) is 2.45. The van der Waals surface area contributed by atoms with E-state index < -0.39 is 18.3 Å². The number of cyclic esters (lactones) is 1. The maximum Gasteiger partial charge on any atom is 0.414 e. The van der Waals surface area contributed by atoms with E-state index in [4.69, 9.17) is 9.47 Å². The van der Waals surface area contributed by atoms with Gasteiger partial charge in [0.2, 0.25) is 5.91 Å². The monoisotopic (exact) mass is 546 g/mol. The summed E-state index contributed by atoms with van der Waals surface area (Å²) in [6, 6.07) is 14.2. The van der Waals surface area contributed by atoms with Crippen LogP contribution in [0.1, 0.15) is 0 Å². The van der Waals surface area contributed by atoms with Gasteiger partial charge in [0, 0.05) is 35.8 Å². The number of aliphatic hydroxyl groups is 1. The summed E-state index contributed by atoms with van der Waals surface area (Å²) in [5.41, 5.74) is 1.80. The molecule has 0 saturated carbocycles. The first kappa shape index (κ1) is 26.8. The Balaban J connectivity index is 0.00000320. The molecule has 0 aliphatic carbocycles. The molecule has 196 valence electrons. The van der Waals surface area contributed by atoms with E-state index in [1.165, 1.54) is 27.3 Å². The van der Waals surface area contributed by atoms with E-state index in [9.17, 15) is 19.5 Å². The minimum Gasteiger partial charge on any atom is -0.497 e. The normalized spacial score (nSPS) is 17.6. The third kappa shape index (κ3) is 5.85. The highest BCUT2D eigenvalue weighted by Gasteiger charge is 2.33. The van der Waals surface area contributed by atoms with Gasteiger partial charge in [-0.1, -0.05) is 0 Å². The molecule has 2 aliphatic rings. The first-order valence-corrected chi connectivity index (χ1v) is 12.5. The van der Waals surface area contributed by atoms with Gasteiger partial charge in [0.05, 0.1) is 43.3 Å². The number of carbonyl (C=O) groups excluding carboxylic acids is 2. The zero-order valence-electron chi connectivity index (χ0n) is 20.0. The Morgan fingerprint density at radius 2 is 2.00 bits per heavy atom. The second kappa shape index (κ2) is 11.4. The fourth-order valence-electron chi connectivity index (χ4n) is 4.35. The zero-order chi connectivity index (χ0) is 25.2. The smallest absolute Gasteiger partial charge is 0.414 e. The molecule has 3 aromatic rings. The van der Waals surface area contributed by atoms with Crippen molar-refractivity contribution in [2.75, 3.05) is 42.7 Å². The Hall–Kier alpha value is -3.25. The average molecular weight is 547 g/mol. The van der Waals surface area contributed by atoms with E-state index in [1.807, 2.05) is 24.3 Å². The minimum atomic E-state index is -0.838. The quantitative estimate of drug-likeness (QED) is 0.394. The Kier molecular flexibility index (Phi) is 8.28. The van der Waals surface area contributed by atoms with Crippen LogP contribution in [0.25, 0.3) is 10.9 Å². The van der Waals surface area contributed by atoms with Gasteiger partial charge in [-0.2, -0.15) is 0 Å². The largest absolute Gasteiger partial charge is 0.497 e. The number of aromatic nitrogens is 1. The van der Waals surface area contributed by atoms with E-state index in [0.29, 0.717) is 41.5 Å². The van der Waals surface area contributed by atoms with Crippen LogP contribution in [-0.2, 0) is 16.1 Å². The summed E-state index contributed by atoms with van der Waals surface area (Å²) in [5.74, 6) is 0.933. The molecule has 0 radical (unpaired) electrons. The Labute approximate surface area is 223 Å². The number of hydrogen-bond acceptors (Lipinski definition) is 8. The molecule has 3 N–H and O–H groups in total. The predicted molar refractivity (Wildman–Crippen MR) is 144 cm³/mol. The number of pyridine rings is 1. The number of methoxy groups -OCH3 is 1. The number of anilines is 2. The Bertz CT molecular complexity index is 1380. The maximum atomic E-state index is 12.5. The third-order valence-electron chi connectivity index (χ3n) is 6.13. The first-order chi connectivity index (χ1) is 17.4. The van der Waals surface area contributed by atoms with Gasteiger partial charge < -0.3 is 29.8 Å². The summed E-state index contributed by atoms with van der Waals surface area (Å²) in [6.45, 7) is 0.994. The van der Waals surface area contributed by atoms with Crippen molar-refractivity contribution in [2.45, 2.75) is 23.6 Å². The number of rotatable bonds is 8. The molecular weight excluding hydrogens is 520 g/mol. The molecule has 2 unspecified atom stereocenters. The molecule has 0 bridgehead atoms. The van der Waals surface area contributed by atoms with Crippen LogP contribution in [0.15, 0.2) is 58.2 Å². The molecule has 5 rings (SSSR count). The molecule has 2 atom stereocenters. The highest BCUT2D eigenvalue weighted by atomic mass is 35.5. The van der Waals surface area contributed by atoms with Crippen LogP contribution in [0, 0.1) is 0 Å². The van der Waals surface area contributed by atoms with Crippen LogP contribution in [0.4, 0.5) is 16.2 Å². The number of nitrogens with zero attached hydrogens (tertiary/aromatic N) is 2. The number of carbonyl (C=O) groups is 2. The van der Waals surface area contributed by atoms with Crippen LogP contribution >= 0.6 is 24.2 Å².